The van der Waals surface area contributed by atoms with Gasteiger partial charge in [-0.25, -0.2) is 4.98 Å². The van der Waals surface area contributed by atoms with Gasteiger partial charge in [-0.3, -0.25) is 9.88 Å². The summed E-state index contributed by atoms with van der Waals surface area (Å²) in [6, 6.07) is 12.6. The summed E-state index contributed by atoms with van der Waals surface area (Å²) < 4.78 is 7.97. The third kappa shape index (κ3) is 4.35. The van der Waals surface area contributed by atoms with E-state index in [1.165, 1.54) is 5.56 Å². The van der Waals surface area contributed by atoms with Gasteiger partial charge in [0.2, 0.25) is 0 Å². The molecule has 6 heteroatoms. The SMILES string of the molecule is Cn1ccnc1C1CNCCN1Cc1ccc(OCc2cccnc2)cc1. The first-order valence-electron chi connectivity index (χ1n) is 9.32. The molecule has 0 saturated carbocycles. The van der Waals surface area contributed by atoms with Crippen molar-refractivity contribution in [3.05, 3.63) is 78.1 Å². The van der Waals surface area contributed by atoms with Crippen LogP contribution in [0.3, 0.4) is 0 Å². The molecule has 6 nitrogen and oxygen atoms in total. The number of hydrogen-bond donors (Lipinski definition) is 1. The van der Waals surface area contributed by atoms with E-state index >= 15 is 0 Å². The van der Waals surface area contributed by atoms with Gasteiger partial charge in [0, 0.05) is 63.6 Å². The van der Waals surface area contributed by atoms with Crippen LogP contribution in [-0.2, 0) is 20.2 Å². The van der Waals surface area contributed by atoms with Crippen LogP contribution >= 0.6 is 0 Å². The second-order valence-electron chi connectivity index (χ2n) is 6.88. The molecule has 0 bridgehead atoms. The van der Waals surface area contributed by atoms with Crippen molar-refractivity contribution in [1.82, 2.24) is 24.8 Å². The highest BCUT2D eigenvalue weighted by Gasteiger charge is 2.26. The maximum absolute atomic E-state index is 5.86. The maximum atomic E-state index is 5.86. The van der Waals surface area contributed by atoms with Gasteiger partial charge in [-0.2, -0.15) is 0 Å². The second-order valence-corrected chi connectivity index (χ2v) is 6.88. The van der Waals surface area contributed by atoms with Crippen LogP contribution in [0.4, 0.5) is 0 Å². The quantitative estimate of drug-likeness (QED) is 0.729. The standard InChI is InChI=1S/C21H25N5O/c1-25-11-10-24-21(25)20-14-23-9-12-26(20)15-17-4-6-19(7-5-17)27-16-18-3-2-8-22-13-18/h2-8,10-11,13,20,23H,9,12,14-16H2,1H3. The Labute approximate surface area is 159 Å². The Kier molecular flexibility index (Phi) is 5.46. The van der Waals surface area contributed by atoms with Crippen molar-refractivity contribution < 1.29 is 4.74 Å². The number of benzene rings is 1. The molecule has 1 fully saturated rings. The van der Waals surface area contributed by atoms with E-state index in [-0.39, 0.29) is 0 Å². The zero-order valence-corrected chi connectivity index (χ0v) is 15.6. The molecule has 27 heavy (non-hydrogen) atoms. The fourth-order valence-electron chi connectivity index (χ4n) is 3.46. The van der Waals surface area contributed by atoms with Crippen molar-refractivity contribution in [3.8, 4) is 5.75 Å². The number of nitrogens with one attached hydrogen (secondary N) is 1. The molecule has 1 saturated heterocycles. The number of piperazine rings is 1. The van der Waals surface area contributed by atoms with Gasteiger partial charge in [-0.15, -0.1) is 0 Å². The van der Waals surface area contributed by atoms with E-state index in [2.05, 4.69) is 43.9 Å². The van der Waals surface area contributed by atoms with E-state index in [4.69, 9.17) is 4.74 Å². The zero-order valence-electron chi connectivity index (χ0n) is 15.6. The van der Waals surface area contributed by atoms with Gasteiger partial charge in [-0.1, -0.05) is 18.2 Å². The van der Waals surface area contributed by atoms with Crippen LogP contribution in [0.2, 0.25) is 0 Å². The van der Waals surface area contributed by atoms with Crippen LogP contribution in [0.25, 0.3) is 0 Å². The Morgan fingerprint density at radius 2 is 2.04 bits per heavy atom. The van der Waals surface area contributed by atoms with Crippen molar-refractivity contribution in [2.24, 2.45) is 7.05 Å². The van der Waals surface area contributed by atoms with E-state index in [9.17, 15) is 0 Å². The predicted octanol–water partition coefficient (Wildman–Crippen LogP) is 2.54. The fraction of sp³-hybridized carbons (Fsp3) is 0.333. The normalized spacial score (nSPS) is 17.7. The number of rotatable bonds is 6. The Hall–Kier alpha value is -2.70. The lowest BCUT2D eigenvalue weighted by Crippen LogP contribution is -2.46. The molecule has 0 radical (unpaired) electrons. The molecule has 0 spiro atoms. The van der Waals surface area contributed by atoms with Gasteiger partial charge >= 0.3 is 0 Å². The highest BCUT2D eigenvalue weighted by Crippen LogP contribution is 2.23. The van der Waals surface area contributed by atoms with Gasteiger partial charge in [0.15, 0.2) is 0 Å². The highest BCUT2D eigenvalue weighted by molar-refractivity contribution is 5.28. The lowest BCUT2D eigenvalue weighted by atomic mass is 10.1. The van der Waals surface area contributed by atoms with Crippen molar-refractivity contribution in [2.45, 2.75) is 19.2 Å². The van der Waals surface area contributed by atoms with Gasteiger partial charge in [0.1, 0.15) is 18.2 Å². The van der Waals surface area contributed by atoms with Crippen molar-refractivity contribution in [3.63, 3.8) is 0 Å². The number of ether oxygens (including phenoxy) is 1. The van der Waals surface area contributed by atoms with Crippen LogP contribution in [0.1, 0.15) is 23.0 Å². The lowest BCUT2D eigenvalue weighted by molar-refractivity contribution is 0.144. The van der Waals surface area contributed by atoms with Crippen LogP contribution in [-0.4, -0.2) is 39.1 Å². The van der Waals surface area contributed by atoms with Crippen molar-refractivity contribution >= 4 is 0 Å². The summed E-state index contributed by atoms with van der Waals surface area (Å²) in [5.74, 6) is 1.99. The number of aromatic nitrogens is 3. The summed E-state index contributed by atoms with van der Waals surface area (Å²) >= 11 is 0. The van der Waals surface area contributed by atoms with Crippen molar-refractivity contribution in [2.75, 3.05) is 19.6 Å². The van der Waals surface area contributed by atoms with Crippen LogP contribution < -0.4 is 10.1 Å². The Balaban J connectivity index is 1.39. The molecule has 1 N–H and O–H groups in total. The van der Waals surface area contributed by atoms with Gasteiger partial charge in [0.25, 0.3) is 0 Å². The smallest absolute Gasteiger partial charge is 0.127 e. The van der Waals surface area contributed by atoms with E-state index in [1.807, 2.05) is 42.9 Å². The minimum atomic E-state index is 0.292. The molecule has 1 aliphatic rings. The number of nitrogens with zero attached hydrogens (tertiary/aromatic N) is 4. The molecule has 4 rings (SSSR count). The number of imidazole rings is 1. The first kappa shape index (κ1) is 17.7. The van der Waals surface area contributed by atoms with Crippen molar-refractivity contribution in [1.29, 1.82) is 0 Å². The van der Waals surface area contributed by atoms with E-state index in [1.54, 1.807) is 6.20 Å². The topological polar surface area (TPSA) is 55.2 Å². The largest absolute Gasteiger partial charge is 0.489 e. The first-order chi connectivity index (χ1) is 13.3. The van der Waals surface area contributed by atoms with Crippen LogP contribution in [0, 0.1) is 0 Å². The highest BCUT2D eigenvalue weighted by atomic mass is 16.5. The summed E-state index contributed by atoms with van der Waals surface area (Å²) in [7, 11) is 2.06. The van der Waals surface area contributed by atoms with Crippen LogP contribution in [0.5, 0.6) is 5.75 Å². The maximum Gasteiger partial charge on any atom is 0.127 e. The van der Waals surface area contributed by atoms with E-state index < -0.39 is 0 Å². The first-order valence-corrected chi connectivity index (χ1v) is 9.32. The van der Waals surface area contributed by atoms with E-state index in [0.29, 0.717) is 12.6 Å². The lowest BCUT2D eigenvalue weighted by Gasteiger charge is -2.35. The summed E-state index contributed by atoms with van der Waals surface area (Å²) in [4.78, 5) is 11.2. The summed E-state index contributed by atoms with van der Waals surface area (Å²) in [6.07, 6.45) is 7.48. The molecule has 0 aliphatic carbocycles. The average Bonchev–Trinajstić information content (AvgIpc) is 3.14. The monoisotopic (exact) mass is 363 g/mol. The molecule has 2 aromatic heterocycles. The van der Waals surface area contributed by atoms with Gasteiger partial charge in [-0.05, 0) is 23.8 Å². The summed E-state index contributed by atoms with van der Waals surface area (Å²) in [6.45, 7) is 4.38. The predicted molar refractivity (Wildman–Crippen MR) is 104 cm³/mol. The molecule has 3 aromatic rings. The Morgan fingerprint density at radius 1 is 1.15 bits per heavy atom. The Bertz CT molecular complexity index is 847. The minimum absolute atomic E-state index is 0.292. The third-order valence-electron chi connectivity index (χ3n) is 4.95. The Morgan fingerprint density at radius 3 is 2.78 bits per heavy atom. The number of aryl methyl sites for hydroxylation is 1. The minimum Gasteiger partial charge on any atom is -0.489 e. The van der Waals surface area contributed by atoms with Gasteiger partial charge in [0.05, 0.1) is 6.04 Å². The molecular formula is C21H25N5O. The summed E-state index contributed by atoms with van der Waals surface area (Å²) in [5.41, 5.74) is 2.35. The molecule has 0 amide bonds. The molecule has 1 aliphatic heterocycles. The van der Waals surface area contributed by atoms with Gasteiger partial charge < -0.3 is 14.6 Å². The molecule has 140 valence electrons. The summed E-state index contributed by atoms with van der Waals surface area (Å²) in [5, 5.41) is 3.49. The number of pyridine rings is 1. The van der Waals surface area contributed by atoms with Crippen LogP contribution in [0.15, 0.2) is 61.2 Å². The molecule has 3 heterocycles. The molecule has 1 atom stereocenters. The fourth-order valence-corrected chi connectivity index (χ4v) is 3.46. The zero-order chi connectivity index (χ0) is 18.5. The number of hydrogen-bond acceptors (Lipinski definition) is 5. The third-order valence-corrected chi connectivity index (χ3v) is 4.95. The van der Waals surface area contributed by atoms with E-state index in [0.717, 1.165) is 43.3 Å². The average molecular weight is 363 g/mol. The molecule has 1 aromatic carbocycles. The molecular weight excluding hydrogens is 338 g/mol. The molecule has 1 unspecified atom stereocenters. The second kappa shape index (κ2) is 8.33.